The van der Waals surface area contributed by atoms with Gasteiger partial charge in [0.15, 0.2) is 0 Å². The minimum absolute atomic E-state index is 0.0111. The maximum atomic E-state index is 11.7. The Balaban J connectivity index is 2.69. The molecule has 1 aromatic rings. The number of aromatic hydroxyl groups is 1. The summed E-state index contributed by atoms with van der Waals surface area (Å²) >= 11 is 2.09. The molecule has 0 saturated heterocycles. The first-order valence-corrected chi connectivity index (χ1v) is 6.14. The molecular formula is C11H15IN2O2. The van der Waals surface area contributed by atoms with Crippen LogP contribution in [0.15, 0.2) is 18.2 Å². The van der Waals surface area contributed by atoms with E-state index >= 15 is 0 Å². The van der Waals surface area contributed by atoms with Gasteiger partial charge in [0.05, 0.1) is 5.56 Å². The van der Waals surface area contributed by atoms with Gasteiger partial charge in [-0.15, -0.1) is 0 Å². The summed E-state index contributed by atoms with van der Waals surface area (Å²) in [5, 5.41) is 12.2. The standard InChI is InChI=1S/C11H15IN2O2/c1-2-8(13)6-14-11(16)9-5-7(12)3-4-10(9)15/h3-5,8,15H,2,6,13H2,1H3,(H,14,16). The molecule has 1 aromatic carbocycles. The lowest BCUT2D eigenvalue weighted by molar-refractivity contribution is 0.0948. The van der Waals surface area contributed by atoms with Gasteiger partial charge >= 0.3 is 0 Å². The molecule has 0 aromatic heterocycles. The predicted octanol–water partition coefficient (Wildman–Crippen LogP) is 1.46. The van der Waals surface area contributed by atoms with Crippen LogP contribution in [-0.2, 0) is 0 Å². The molecule has 0 aliphatic carbocycles. The summed E-state index contributed by atoms with van der Waals surface area (Å²) in [6.07, 6.45) is 0.804. The first-order valence-electron chi connectivity index (χ1n) is 5.07. The first kappa shape index (κ1) is 13.2. The number of phenolic OH excluding ortho intramolecular Hbond substituents is 1. The number of hydrogen-bond acceptors (Lipinski definition) is 3. The fourth-order valence-electron chi connectivity index (χ4n) is 1.15. The lowest BCUT2D eigenvalue weighted by Gasteiger charge is -2.11. The van der Waals surface area contributed by atoms with Crippen molar-refractivity contribution in [2.75, 3.05) is 6.54 Å². The molecule has 5 heteroatoms. The second-order valence-corrected chi connectivity index (χ2v) is 4.79. The van der Waals surface area contributed by atoms with Crippen LogP contribution in [0.25, 0.3) is 0 Å². The molecule has 0 aliphatic heterocycles. The third-order valence-electron chi connectivity index (χ3n) is 2.25. The summed E-state index contributed by atoms with van der Waals surface area (Å²) in [7, 11) is 0. The number of halogens is 1. The van der Waals surface area contributed by atoms with Crippen LogP contribution in [0.5, 0.6) is 5.75 Å². The van der Waals surface area contributed by atoms with Crippen molar-refractivity contribution in [1.82, 2.24) is 5.32 Å². The number of benzene rings is 1. The topological polar surface area (TPSA) is 75.3 Å². The van der Waals surface area contributed by atoms with Crippen molar-refractivity contribution >= 4 is 28.5 Å². The van der Waals surface area contributed by atoms with E-state index in [1.54, 1.807) is 12.1 Å². The van der Waals surface area contributed by atoms with E-state index in [0.29, 0.717) is 6.54 Å². The lowest BCUT2D eigenvalue weighted by Crippen LogP contribution is -2.36. The molecular weight excluding hydrogens is 319 g/mol. The van der Waals surface area contributed by atoms with Gasteiger partial charge in [0.2, 0.25) is 0 Å². The first-order chi connectivity index (χ1) is 7.54. The lowest BCUT2D eigenvalue weighted by atomic mass is 10.2. The van der Waals surface area contributed by atoms with Crippen LogP contribution in [0, 0.1) is 3.57 Å². The minimum Gasteiger partial charge on any atom is -0.507 e. The molecule has 1 amide bonds. The second kappa shape index (κ2) is 6.05. The average molecular weight is 334 g/mol. The van der Waals surface area contributed by atoms with Crippen LogP contribution in [0.3, 0.4) is 0 Å². The molecule has 4 N–H and O–H groups in total. The van der Waals surface area contributed by atoms with E-state index in [1.807, 2.05) is 6.92 Å². The molecule has 0 bridgehead atoms. The average Bonchev–Trinajstić information content (AvgIpc) is 2.28. The molecule has 1 unspecified atom stereocenters. The molecule has 0 heterocycles. The van der Waals surface area contributed by atoms with Gasteiger partial charge in [0, 0.05) is 16.2 Å². The number of nitrogens with one attached hydrogen (secondary N) is 1. The SMILES string of the molecule is CCC(N)CNC(=O)c1cc(I)ccc1O. The van der Waals surface area contributed by atoms with E-state index in [4.69, 9.17) is 5.73 Å². The van der Waals surface area contributed by atoms with Gasteiger partial charge in [0.25, 0.3) is 5.91 Å². The summed E-state index contributed by atoms with van der Waals surface area (Å²) in [6, 6.07) is 4.85. The Morgan fingerprint density at radius 2 is 2.31 bits per heavy atom. The normalized spacial score (nSPS) is 12.2. The van der Waals surface area contributed by atoms with Gasteiger partial charge < -0.3 is 16.2 Å². The summed E-state index contributed by atoms with van der Waals surface area (Å²) in [6.45, 7) is 2.37. The van der Waals surface area contributed by atoms with E-state index in [-0.39, 0.29) is 23.3 Å². The van der Waals surface area contributed by atoms with E-state index in [0.717, 1.165) is 9.99 Å². The summed E-state index contributed by atoms with van der Waals surface area (Å²) in [4.78, 5) is 11.7. The van der Waals surface area contributed by atoms with Gasteiger partial charge in [-0.3, -0.25) is 4.79 Å². The summed E-state index contributed by atoms with van der Waals surface area (Å²) in [5.41, 5.74) is 5.98. The Labute approximate surface area is 108 Å². The van der Waals surface area contributed by atoms with Crippen molar-refractivity contribution in [1.29, 1.82) is 0 Å². The van der Waals surface area contributed by atoms with Gasteiger partial charge in [-0.05, 0) is 47.2 Å². The maximum Gasteiger partial charge on any atom is 0.255 e. The fraction of sp³-hybridized carbons (Fsp3) is 0.364. The van der Waals surface area contributed by atoms with Crippen LogP contribution in [0.4, 0.5) is 0 Å². The highest BCUT2D eigenvalue weighted by atomic mass is 127. The predicted molar refractivity (Wildman–Crippen MR) is 71.4 cm³/mol. The molecule has 0 fully saturated rings. The molecule has 0 spiro atoms. The van der Waals surface area contributed by atoms with Crippen molar-refractivity contribution in [2.24, 2.45) is 5.73 Å². The van der Waals surface area contributed by atoms with Crippen molar-refractivity contribution in [3.63, 3.8) is 0 Å². The fourth-order valence-corrected chi connectivity index (χ4v) is 1.64. The molecule has 88 valence electrons. The smallest absolute Gasteiger partial charge is 0.255 e. The van der Waals surface area contributed by atoms with Crippen LogP contribution in [-0.4, -0.2) is 23.6 Å². The molecule has 1 rings (SSSR count). The Bertz CT molecular complexity index is 382. The molecule has 0 aliphatic rings. The Kier molecular flexibility index (Phi) is 5.01. The number of carbonyl (C=O) groups is 1. The van der Waals surface area contributed by atoms with Gasteiger partial charge in [-0.2, -0.15) is 0 Å². The monoisotopic (exact) mass is 334 g/mol. The zero-order valence-corrected chi connectivity index (χ0v) is 11.2. The highest BCUT2D eigenvalue weighted by Gasteiger charge is 2.11. The molecule has 1 atom stereocenters. The maximum absolute atomic E-state index is 11.7. The van der Waals surface area contributed by atoms with Crippen molar-refractivity contribution in [3.8, 4) is 5.75 Å². The van der Waals surface area contributed by atoms with E-state index in [9.17, 15) is 9.90 Å². The van der Waals surface area contributed by atoms with Crippen molar-refractivity contribution in [3.05, 3.63) is 27.3 Å². The van der Waals surface area contributed by atoms with E-state index in [1.165, 1.54) is 6.07 Å². The molecule has 4 nitrogen and oxygen atoms in total. The van der Waals surface area contributed by atoms with Crippen LogP contribution < -0.4 is 11.1 Å². The molecule has 0 radical (unpaired) electrons. The summed E-state index contributed by atoms with van der Waals surface area (Å²) in [5.74, 6) is -0.303. The minimum atomic E-state index is -0.292. The largest absolute Gasteiger partial charge is 0.507 e. The van der Waals surface area contributed by atoms with Crippen LogP contribution in [0.2, 0.25) is 0 Å². The van der Waals surface area contributed by atoms with Crippen molar-refractivity contribution < 1.29 is 9.90 Å². The third-order valence-corrected chi connectivity index (χ3v) is 2.92. The zero-order valence-electron chi connectivity index (χ0n) is 9.03. The second-order valence-electron chi connectivity index (χ2n) is 3.54. The number of phenols is 1. The Morgan fingerprint density at radius 3 is 2.94 bits per heavy atom. The van der Waals surface area contributed by atoms with Gasteiger partial charge in [-0.25, -0.2) is 0 Å². The van der Waals surface area contributed by atoms with Crippen LogP contribution >= 0.6 is 22.6 Å². The summed E-state index contributed by atoms with van der Waals surface area (Å²) < 4.78 is 0.903. The van der Waals surface area contributed by atoms with E-state index in [2.05, 4.69) is 27.9 Å². The molecule has 0 saturated carbocycles. The zero-order chi connectivity index (χ0) is 12.1. The number of nitrogens with two attached hydrogens (primary N) is 1. The number of hydrogen-bond donors (Lipinski definition) is 3. The van der Waals surface area contributed by atoms with Gasteiger partial charge in [0.1, 0.15) is 5.75 Å². The number of rotatable bonds is 4. The molecule has 16 heavy (non-hydrogen) atoms. The highest BCUT2D eigenvalue weighted by molar-refractivity contribution is 14.1. The highest BCUT2D eigenvalue weighted by Crippen LogP contribution is 2.19. The third kappa shape index (κ3) is 3.64. The Hall–Kier alpha value is -0.820. The number of carbonyl (C=O) groups excluding carboxylic acids is 1. The van der Waals surface area contributed by atoms with Crippen molar-refractivity contribution in [2.45, 2.75) is 19.4 Å². The van der Waals surface area contributed by atoms with E-state index < -0.39 is 0 Å². The van der Waals surface area contributed by atoms with Gasteiger partial charge in [-0.1, -0.05) is 6.92 Å². The van der Waals surface area contributed by atoms with Crippen LogP contribution in [0.1, 0.15) is 23.7 Å². The quantitative estimate of drug-likeness (QED) is 0.730. The Morgan fingerprint density at radius 1 is 1.62 bits per heavy atom. The number of amides is 1.